The minimum absolute atomic E-state index is 0. The van der Waals surface area contributed by atoms with Gasteiger partial charge in [-0.3, -0.25) is 4.79 Å². The lowest BCUT2D eigenvalue weighted by molar-refractivity contribution is -0.132. The fourth-order valence-corrected chi connectivity index (χ4v) is 2.19. The molecule has 0 heterocycles. The van der Waals surface area contributed by atoms with E-state index in [0.29, 0.717) is 26.0 Å². The lowest BCUT2D eigenvalue weighted by Gasteiger charge is -2.21. The average molecular weight is 351 g/mol. The Balaban J connectivity index is 0.00000264. The molecule has 0 atom stereocenters. The van der Waals surface area contributed by atoms with Gasteiger partial charge in [0.1, 0.15) is 0 Å². The molecule has 0 unspecified atom stereocenters. The zero-order chi connectivity index (χ0) is 16.3. The number of nitrogens with two attached hydrogens (primary N) is 1. The molecule has 0 bridgehead atoms. The quantitative estimate of drug-likeness (QED) is 0.820. The molecule has 2 rings (SSSR count). The van der Waals surface area contributed by atoms with E-state index < -0.39 is 12.2 Å². The fourth-order valence-electron chi connectivity index (χ4n) is 2.19. The second-order valence-electron chi connectivity index (χ2n) is 5.41. The van der Waals surface area contributed by atoms with Gasteiger partial charge in [-0.25, -0.2) is 0 Å². The number of rotatable bonds is 7. The lowest BCUT2D eigenvalue weighted by atomic mass is 10.1. The van der Waals surface area contributed by atoms with E-state index in [1.165, 1.54) is 11.0 Å². The topological polar surface area (TPSA) is 64.8 Å². The Morgan fingerprint density at radius 2 is 2.04 bits per heavy atom. The molecule has 8 heteroatoms. The van der Waals surface area contributed by atoms with Gasteiger partial charge in [-0.05, 0) is 37.5 Å². The molecule has 0 saturated heterocycles. The first-order valence-electron chi connectivity index (χ1n) is 7.10. The van der Waals surface area contributed by atoms with E-state index in [-0.39, 0.29) is 29.8 Å². The van der Waals surface area contributed by atoms with Crippen molar-refractivity contribution in [3.8, 4) is 11.5 Å². The van der Waals surface area contributed by atoms with Crippen LogP contribution in [0.25, 0.3) is 0 Å². The highest BCUT2D eigenvalue weighted by Crippen LogP contribution is 2.35. The van der Waals surface area contributed by atoms with Crippen molar-refractivity contribution >= 4 is 18.3 Å². The summed E-state index contributed by atoms with van der Waals surface area (Å²) in [6, 6.07) is 4.64. The highest BCUT2D eigenvalue weighted by Gasteiger charge is 2.47. The maximum Gasteiger partial charge on any atom is 0.387 e. The summed E-state index contributed by atoms with van der Waals surface area (Å²) in [6.07, 6.45) is 1.39. The molecule has 1 amide bonds. The van der Waals surface area contributed by atoms with E-state index in [2.05, 4.69) is 4.74 Å². The summed E-state index contributed by atoms with van der Waals surface area (Å²) in [5.74, 6) is 0.0977. The van der Waals surface area contributed by atoms with Crippen LogP contribution in [0.2, 0.25) is 0 Å². The Bertz CT molecular complexity index is 554. The van der Waals surface area contributed by atoms with Crippen LogP contribution in [0, 0.1) is 0 Å². The van der Waals surface area contributed by atoms with Crippen molar-refractivity contribution in [1.82, 2.24) is 4.90 Å². The van der Waals surface area contributed by atoms with Gasteiger partial charge in [-0.2, -0.15) is 8.78 Å². The minimum Gasteiger partial charge on any atom is -0.490 e. The number of hydrogen-bond acceptors (Lipinski definition) is 4. The molecule has 23 heavy (non-hydrogen) atoms. The van der Waals surface area contributed by atoms with Crippen LogP contribution in [0.4, 0.5) is 8.78 Å². The predicted molar refractivity (Wildman–Crippen MR) is 84.1 cm³/mol. The van der Waals surface area contributed by atoms with Gasteiger partial charge < -0.3 is 20.1 Å². The van der Waals surface area contributed by atoms with Crippen molar-refractivity contribution in [1.29, 1.82) is 0 Å². The van der Waals surface area contributed by atoms with Crippen molar-refractivity contribution in [3.63, 3.8) is 0 Å². The van der Waals surface area contributed by atoms with E-state index >= 15 is 0 Å². The summed E-state index contributed by atoms with van der Waals surface area (Å²) in [7, 11) is 1.67. The fraction of sp³-hybridized carbons (Fsp3) is 0.533. The normalized spacial score (nSPS) is 14.9. The van der Waals surface area contributed by atoms with Gasteiger partial charge in [0.15, 0.2) is 11.5 Å². The first-order chi connectivity index (χ1) is 10.4. The summed E-state index contributed by atoms with van der Waals surface area (Å²) in [5.41, 5.74) is 5.91. The summed E-state index contributed by atoms with van der Waals surface area (Å²) in [4.78, 5) is 13.6. The maximum atomic E-state index is 12.4. The number of carbonyl (C=O) groups excluding carboxylic acids is 1. The van der Waals surface area contributed by atoms with Gasteiger partial charge in [-0.1, -0.05) is 6.07 Å². The number of nitrogens with zero attached hydrogens (tertiary/aromatic N) is 1. The van der Waals surface area contributed by atoms with Crippen LogP contribution in [0.15, 0.2) is 18.2 Å². The summed E-state index contributed by atoms with van der Waals surface area (Å²) >= 11 is 0. The van der Waals surface area contributed by atoms with Crippen molar-refractivity contribution in [2.45, 2.75) is 38.5 Å². The lowest BCUT2D eigenvalue weighted by Crippen LogP contribution is -2.43. The molecule has 1 aromatic carbocycles. The second kappa shape index (κ2) is 7.79. The first kappa shape index (κ1) is 19.4. The van der Waals surface area contributed by atoms with Gasteiger partial charge in [0.2, 0.25) is 5.91 Å². The van der Waals surface area contributed by atoms with E-state index in [1.54, 1.807) is 26.1 Å². The number of likely N-dealkylation sites (N-methyl/N-ethyl adjacent to an activating group) is 1. The maximum absolute atomic E-state index is 12.4. The molecule has 1 aliphatic rings. The van der Waals surface area contributed by atoms with Gasteiger partial charge in [0.25, 0.3) is 0 Å². The Morgan fingerprint density at radius 1 is 1.39 bits per heavy atom. The SMILES string of the molecule is CCOc1cc(CN(C)C(=O)C2(N)CC2)ccc1OC(F)F.Cl. The van der Waals surface area contributed by atoms with Crippen LogP contribution in [0.3, 0.4) is 0 Å². The van der Waals surface area contributed by atoms with Crippen LogP contribution in [0.5, 0.6) is 11.5 Å². The molecular weight excluding hydrogens is 330 g/mol. The highest BCUT2D eigenvalue weighted by molar-refractivity contribution is 5.88. The average Bonchev–Trinajstić information content (AvgIpc) is 3.20. The zero-order valence-corrected chi connectivity index (χ0v) is 13.9. The molecule has 0 radical (unpaired) electrons. The third kappa shape index (κ3) is 4.94. The summed E-state index contributed by atoms with van der Waals surface area (Å²) in [5, 5.41) is 0. The molecule has 0 aromatic heterocycles. The molecule has 1 saturated carbocycles. The number of carbonyl (C=O) groups is 1. The van der Waals surface area contributed by atoms with E-state index in [4.69, 9.17) is 10.5 Å². The summed E-state index contributed by atoms with van der Waals surface area (Å²) < 4.78 is 34.4. The van der Waals surface area contributed by atoms with Crippen molar-refractivity contribution < 1.29 is 23.0 Å². The third-order valence-corrected chi connectivity index (χ3v) is 3.51. The molecule has 0 spiro atoms. The van der Waals surface area contributed by atoms with Crippen LogP contribution >= 0.6 is 12.4 Å². The van der Waals surface area contributed by atoms with Gasteiger partial charge in [-0.15, -0.1) is 12.4 Å². The number of benzene rings is 1. The molecule has 5 nitrogen and oxygen atoms in total. The Hall–Kier alpha value is -1.60. The highest BCUT2D eigenvalue weighted by atomic mass is 35.5. The van der Waals surface area contributed by atoms with Crippen LogP contribution in [-0.4, -0.2) is 36.6 Å². The smallest absolute Gasteiger partial charge is 0.387 e. The largest absolute Gasteiger partial charge is 0.490 e. The monoisotopic (exact) mass is 350 g/mol. The van der Waals surface area contributed by atoms with Crippen molar-refractivity contribution in [3.05, 3.63) is 23.8 Å². The minimum atomic E-state index is -2.92. The number of amides is 1. The molecule has 1 aliphatic carbocycles. The van der Waals surface area contributed by atoms with E-state index in [1.807, 2.05) is 0 Å². The van der Waals surface area contributed by atoms with E-state index in [9.17, 15) is 13.6 Å². The number of halogens is 3. The van der Waals surface area contributed by atoms with Gasteiger partial charge >= 0.3 is 6.61 Å². The van der Waals surface area contributed by atoms with Crippen LogP contribution in [0.1, 0.15) is 25.3 Å². The molecule has 2 N–H and O–H groups in total. The number of ether oxygens (including phenoxy) is 2. The molecule has 0 aliphatic heterocycles. The van der Waals surface area contributed by atoms with E-state index in [0.717, 1.165) is 5.56 Å². The van der Waals surface area contributed by atoms with Crippen molar-refractivity contribution in [2.24, 2.45) is 5.73 Å². The second-order valence-corrected chi connectivity index (χ2v) is 5.41. The summed E-state index contributed by atoms with van der Waals surface area (Å²) in [6.45, 7) is -0.516. The molecular formula is C15H21ClF2N2O3. The number of alkyl halides is 2. The zero-order valence-electron chi connectivity index (χ0n) is 13.1. The molecule has 1 fully saturated rings. The third-order valence-electron chi connectivity index (χ3n) is 3.51. The number of hydrogen-bond donors (Lipinski definition) is 1. The van der Waals surface area contributed by atoms with Crippen LogP contribution < -0.4 is 15.2 Å². The van der Waals surface area contributed by atoms with Gasteiger partial charge in [0, 0.05) is 13.6 Å². The van der Waals surface area contributed by atoms with Gasteiger partial charge in [0.05, 0.1) is 12.1 Å². The molecule has 1 aromatic rings. The Labute approximate surface area is 140 Å². The molecule has 130 valence electrons. The predicted octanol–water partition coefficient (Wildman–Crippen LogP) is 2.56. The van der Waals surface area contributed by atoms with Crippen molar-refractivity contribution in [2.75, 3.05) is 13.7 Å². The Kier molecular flexibility index (Phi) is 6.58. The van der Waals surface area contributed by atoms with Crippen LogP contribution in [-0.2, 0) is 11.3 Å². The first-order valence-corrected chi connectivity index (χ1v) is 7.10. The Morgan fingerprint density at radius 3 is 2.57 bits per heavy atom. The standard InChI is InChI=1S/C15H20F2N2O3.ClH/c1-3-21-12-8-10(4-5-11(12)22-14(16)17)9-19(2)13(20)15(18)6-7-15;/h4-5,8,14H,3,6-7,9,18H2,1-2H3;1H.